The first kappa shape index (κ1) is 36.0. The zero-order valence-electron chi connectivity index (χ0n) is 31.0. The zero-order chi connectivity index (χ0) is 33.9. The van der Waals surface area contributed by atoms with E-state index < -0.39 is 11.7 Å². The van der Waals surface area contributed by atoms with Crippen LogP contribution in [0.5, 0.6) is 0 Å². The second kappa shape index (κ2) is 12.5. The van der Waals surface area contributed by atoms with Crippen LogP contribution < -0.4 is 10.6 Å². The minimum absolute atomic E-state index is 0.0294. The number of aliphatic hydroxyl groups is 1. The third-order valence-electron chi connectivity index (χ3n) is 15.2. The van der Waals surface area contributed by atoms with Gasteiger partial charge in [0, 0.05) is 13.1 Å². The molecule has 1 unspecified atom stereocenters. The van der Waals surface area contributed by atoms with Crippen LogP contribution in [0.25, 0.3) is 0 Å². The highest BCUT2D eigenvalue weighted by atomic mass is 16.6. The van der Waals surface area contributed by atoms with Gasteiger partial charge < -0.3 is 25.2 Å². The molecule has 0 bridgehead atoms. The van der Waals surface area contributed by atoms with Crippen LogP contribution in [0.1, 0.15) is 133 Å². The molecule has 5 saturated carbocycles. The lowest BCUT2D eigenvalue weighted by molar-refractivity contribution is -0.248. The van der Waals surface area contributed by atoms with Gasteiger partial charge in [-0.05, 0) is 142 Å². The molecular formula is C39H68N2O5. The molecule has 0 aliphatic heterocycles. The maximum Gasteiger partial charge on any atom is 0.407 e. The molecule has 10 atom stereocenters. The van der Waals surface area contributed by atoms with Gasteiger partial charge in [-0.3, -0.25) is 4.79 Å². The largest absolute Gasteiger partial charge is 0.444 e. The molecule has 0 aromatic heterocycles. The van der Waals surface area contributed by atoms with Gasteiger partial charge in [0.05, 0.1) is 24.7 Å². The van der Waals surface area contributed by atoms with E-state index in [4.69, 9.17) is 9.47 Å². The molecule has 0 saturated heterocycles. The van der Waals surface area contributed by atoms with Gasteiger partial charge in [-0.15, -0.1) is 0 Å². The fraction of sp³-hybridized carbons (Fsp3) is 0.949. The fourth-order valence-corrected chi connectivity index (χ4v) is 12.8. The van der Waals surface area contributed by atoms with Gasteiger partial charge >= 0.3 is 6.09 Å². The summed E-state index contributed by atoms with van der Waals surface area (Å²) in [6, 6.07) is 0. The van der Waals surface area contributed by atoms with Gasteiger partial charge in [-0.25, -0.2) is 4.79 Å². The van der Waals surface area contributed by atoms with Gasteiger partial charge in [0.25, 0.3) is 0 Å². The molecule has 5 aliphatic carbocycles. The minimum atomic E-state index is -0.524. The summed E-state index contributed by atoms with van der Waals surface area (Å²) in [7, 11) is 0. The summed E-state index contributed by atoms with van der Waals surface area (Å²) in [6.45, 7) is 24.6. The molecule has 0 aromatic carbocycles. The van der Waals surface area contributed by atoms with Crippen molar-refractivity contribution in [2.75, 3.05) is 26.3 Å². The standard InChI is InChI=1S/C39H68N2O5/c1-25(2)26-13-18-39(32(43)40-21-23-45-24-22-41-33(44)46-34(3,4)5)20-19-37(9)27(31(26)39)11-12-29-36(8)16-15-30(42)35(6,7)28(36)14-17-38(29,37)10/h25-31,42H,11-24H2,1-10H3,(H,40,43)(H,41,44)/t26-,27?,28-,29+,30+,31-,36-,37+,38+,39-/m0/s1. The van der Waals surface area contributed by atoms with Crippen LogP contribution in [-0.2, 0) is 14.3 Å². The van der Waals surface area contributed by atoms with E-state index in [2.05, 4.69) is 59.1 Å². The number of ether oxygens (including phenoxy) is 2. The third kappa shape index (κ3) is 5.83. The van der Waals surface area contributed by atoms with Crippen molar-refractivity contribution in [1.82, 2.24) is 10.6 Å². The maximum atomic E-state index is 14.3. The number of hydrogen-bond acceptors (Lipinski definition) is 5. The van der Waals surface area contributed by atoms with Gasteiger partial charge in [0.15, 0.2) is 0 Å². The number of nitrogens with one attached hydrogen (secondary N) is 2. The molecule has 264 valence electrons. The lowest BCUT2D eigenvalue weighted by atomic mass is 9.32. The summed E-state index contributed by atoms with van der Waals surface area (Å²) in [6.07, 6.45) is 10.7. The second-order valence-electron chi connectivity index (χ2n) is 19.0. The van der Waals surface area contributed by atoms with Crippen molar-refractivity contribution in [3.63, 3.8) is 0 Å². The first-order chi connectivity index (χ1) is 21.3. The lowest BCUT2D eigenvalue weighted by Crippen LogP contribution is -2.67. The molecule has 3 N–H and O–H groups in total. The van der Waals surface area contributed by atoms with Crippen LogP contribution in [-0.4, -0.2) is 55.1 Å². The molecule has 46 heavy (non-hydrogen) atoms. The zero-order valence-corrected chi connectivity index (χ0v) is 31.0. The Labute approximate surface area is 280 Å². The van der Waals surface area contributed by atoms with E-state index in [1.54, 1.807) is 0 Å². The average molecular weight is 645 g/mol. The Balaban J connectivity index is 1.27. The molecule has 0 heterocycles. The van der Waals surface area contributed by atoms with Crippen LogP contribution in [0, 0.1) is 62.6 Å². The number of alkyl carbamates (subject to hydrolysis) is 1. The van der Waals surface area contributed by atoms with Crippen LogP contribution in [0.15, 0.2) is 0 Å². The average Bonchev–Trinajstić information content (AvgIpc) is 3.35. The molecular weight excluding hydrogens is 576 g/mol. The van der Waals surface area contributed by atoms with Crippen molar-refractivity contribution >= 4 is 12.0 Å². The first-order valence-electron chi connectivity index (χ1n) is 18.8. The van der Waals surface area contributed by atoms with Crippen molar-refractivity contribution in [2.45, 2.75) is 145 Å². The van der Waals surface area contributed by atoms with Crippen LogP contribution in [0.4, 0.5) is 4.79 Å². The lowest BCUT2D eigenvalue weighted by Gasteiger charge is -2.73. The summed E-state index contributed by atoms with van der Waals surface area (Å²) >= 11 is 0. The Bertz CT molecular complexity index is 1130. The molecule has 0 spiro atoms. The Kier molecular flexibility index (Phi) is 9.79. The normalized spacial score (nSPS) is 43.1. The summed E-state index contributed by atoms with van der Waals surface area (Å²) in [4.78, 5) is 26.2. The Morgan fingerprint density at radius 1 is 0.804 bits per heavy atom. The van der Waals surface area contributed by atoms with E-state index in [-0.39, 0.29) is 39.1 Å². The highest BCUT2D eigenvalue weighted by Gasteiger charge is 2.71. The van der Waals surface area contributed by atoms with E-state index in [9.17, 15) is 14.7 Å². The predicted octanol–water partition coefficient (Wildman–Crippen LogP) is 7.74. The Morgan fingerprint density at radius 3 is 2.13 bits per heavy atom. The molecule has 7 nitrogen and oxygen atoms in total. The Hall–Kier alpha value is -1.34. The second-order valence-corrected chi connectivity index (χ2v) is 19.0. The topological polar surface area (TPSA) is 96.9 Å². The molecule has 0 radical (unpaired) electrons. The maximum absolute atomic E-state index is 14.3. The van der Waals surface area contributed by atoms with Crippen molar-refractivity contribution in [1.29, 1.82) is 0 Å². The number of fused-ring (bicyclic) bond motifs is 7. The smallest absolute Gasteiger partial charge is 0.407 e. The highest BCUT2D eigenvalue weighted by Crippen LogP contribution is 2.77. The number of carbonyl (C=O) groups is 2. The number of amides is 2. The number of aliphatic hydroxyl groups excluding tert-OH is 1. The number of carbonyl (C=O) groups excluding carboxylic acids is 2. The van der Waals surface area contributed by atoms with E-state index in [1.165, 1.54) is 25.7 Å². The minimum Gasteiger partial charge on any atom is -0.444 e. The predicted molar refractivity (Wildman–Crippen MR) is 183 cm³/mol. The number of rotatable bonds is 8. The van der Waals surface area contributed by atoms with Gasteiger partial charge in [0.1, 0.15) is 5.60 Å². The number of hydrogen-bond donors (Lipinski definition) is 3. The van der Waals surface area contributed by atoms with Crippen LogP contribution >= 0.6 is 0 Å². The molecule has 2 amide bonds. The fourth-order valence-electron chi connectivity index (χ4n) is 12.8. The van der Waals surface area contributed by atoms with Gasteiger partial charge in [-0.1, -0.05) is 48.5 Å². The summed E-state index contributed by atoms with van der Waals surface area (Å²) in [5.74, 6) is 3.65. The van der Waals surface area contributed by atoms with E-state index in [0.717, 1.165) is 38.5 Å². The first-order valence-corrected chi connectivity index (χ1v) is 18.8. The molecule has 5 rings (SSSR count). The summed E-state index contributed by atoms with van der Waals surface area (Å²) in [5, 5.41) is 17.1. The summed E-state index contributed by atoms with van der Waals surface area (Å²) < 4.78 is 11.0. The molecule has 5 fully saturated rings. The van der Waals surface area contributed by atoms with Crippen LogP contribution in [0.3, 0.4) is 0 Å². The van der Waals surface area contributed by atoms with Gasteiger partial charge in [0.2, 0.25) is 5.91 Å². The van der Waals surface area contributed by atoms with Crippen molar-refractivity contribution in [3.05, 3.63) is 0 Å². The monoisotopic (exact) mass is 645 g/mol. The van der Waals surface area contributed by atoms with Gasteiger partial charge in [-0.2, -0.15) is 0 Å². The van der Waals surface area contributed by atoms with Crippen molar-refractivity contribution < 1.29 is 24.2 Å². The van der Waals surface area contributed by atoms with Crippen molar-refractivity contribution in [2.24, 2.45) is 62.6 Å². The van der Waals surface area contributed by atoms with Crippen molar-refractivity contribution in [3.8, 4) is 0 Å². The molecule has 7 heteroatoms. The van der Waals surface area contributed by atoms with Crippen LogP contribution in [0.2, 0.25) is 0 Å². The quantitative estimate of drug-likeness (QED) is 0.235. The SMILES string of the molecule is CC(C)[C@@H]1CC[C@]2(C(=O)NCCOCCNC(=O)OC(C)(C)C)CC[C@]3(C)C(CC[C@@H]4[C@@]5(C)CC[C@@H](O)C(C)(C)[C@@H]5CC[C@]43C)[C@H]12. The molecule has 5 aliphatic rings. The summed E-state index contributed by atoms with van der Waals surface area (Å²) in [5.41, 5.74) is -0.0838. The third-order valence-corrected chi connectivity index (χ3v) is 15.2. The van der Waals surface area contributed by atoms with E-state index >= 15 is 0 Å². The van der Waals surface area contributed by atoms with E-state index in [1.807, 2.05) is 20.8 Å². The highest BCUT2D eigenvalue weighted by molar-refractivity contribution is 5.83. The van der Waals surface area contributed by atoms with E-state index in [0.29, 0.717) is 61.8 Å². The molecule has 0 aromatic rings. The Morgan fingerprint density at radius 2 is 1.48 bits per heavy atom.